The molecule has 0 saturated heterocycles. The maximum Gasteiger partial charge on any atom is 0.240 e. The van der Waals surface area contributed by atoms with Crippen LogP contribution in [0.2, 0.25) is 0 Å². The second kappa shape index (κ2) is 7.48. The van der Waals surface area contributed by atoms with Gasteiger partial charge in [-0.05, 0) is 43.9 Å². The number of nitrogens with two attached hydrogens (primary N) is 2. The van der Waals surface area contributed by atoms with E-state index in [2.05, 4.69) is 5.32 Å². The standard InChI is InChI=1S/C14H27N3O2/c1-9(2)13(14(16)19)17-12(18)8-5-10-3-6-11(15)7-4-10/h9-11,13H,3-8,15H2,1-2H3,(H2,16,19)(H,17,18). The zero-order valence-electron chi connectivity index (χ0n) is 12.0. The predicted octanol–water partition coefficient (Wildman–Crippen LogP) is 0.910. The van der Waals surface area contributed by atoms with Gasteiger partial charge < -0.3 is 16.8 Å². The molecule has 1 fully saturated rings. The van der Waals surface area contributed by atoms with E-state index < -0.39 is 11.9 Å². The van der Waals surface area contributed by atoms with Gasteiger partial charge in [0.25, 0.3) is 0 Å². The van der Waals surface area contributed by atoms with Crippen molar-refractivity contribution in [3.05, 3.63) is 0 Å². The largest absolute Gasteiger partial charge is 0.368 e. The quantitative estimate of drug-likeness (QED) is 0.668. The normalized spacial score (nSPS) is 25.1. The monoisotopic (exact) mass is 269 g/mol. The summed E-state index contributed by atoms with van der Waals surface area (Å²) in [6, 6.07) is -0.225. The summed E-state index contributed by atoms with van der Waals surface area (Å²) in [4.78, 5) is 23.0. The fourth-order valence-electron chi connectivity index (χ4n) is 2.62. The minimum atomic E-state index is -0.563. The molecule has 5 N–H and O–H groups in total. The van der Waals surface area contributed by atoms with Crippen LogP contribution in [0.3, 0.4) is 0 Å². The maximum atomic E-state index is 11.8. The van der Waals surface area contributed by atoms with Crippen molar-refractivity contribution >= 4 is 11.8 Å². The van der Waals surface area contributed by atoms with E-state index in [1.807, 2.05) is 13.8 Å². The van der Waals surface area contributed by atoms with Crippen LogP contribution >= 0.6 is 0 Å². The first-order valence-corrected chi connectivity index (χ1v) is 7.24. The van der Waals surface area contributed by atoms with Gasteiger partial charge in [-0.15, -0.1) is 0 Å². The van der Waals surface area contributed by atoms with Gasteiger partial charge in [0, 0.05) is 12.5 Å². The van der Waals surface area contributed by atoms with Gasteiger partial charge in [-0.2, -0.15) is 0 Å². The fourth-order valence-corrected chi connectivity index (χ4v) is 2.62. The molecule has 0 spiro atoms. The Morgan fingerprint density at radius 2 is 1.79 bits per heavy atom. The van der Waals surface area contributed by atoms with Gasteiger partial charge >= 0.3 is 0 Å². The van der Waals surface area contributed by atoms with Crippen molar-refractivity contribution in [3.63, 3.8) is 0 Å². The highest BCUT2D eigenvalue weighted by Gasteiger charge is 2.23. The zero-order valence-corrected chi connectivity index (χ0v) is 12.0. The fraction of sp³-hybridized carbons (Fsp3) is 0.857. The first-order chi connectivity index (χ1) is 8.90. The third-order valence-electron chi connectivity index (χ3n) is 3.96. The van der Waals surface area contributed by atoms with Crippen molar-refractivity contribution in [1.82, 2.24) is 5.32 Å². The molecule has 1 saturated carbocycles. The lowest BCUT2D eigenvalue weighted by molar-refractivity contribution is -0.128. The Labute approximate surface area is 115 Å². The number of amides is 2. The first kappa shape index (κ1) is 16.0. The van der Waals surface area contributed by atoms with Crippen LogP contribution < -0.4 is 16.8 Å². The molecule has 0 aromatic rings. The second-order valence-corrected chi connectivity index (χ2v) is 6.01. The van der Waals surface area contributed by atoms with E-state index in [0.717, 1.165) is 32.1 Å². The number of rotatable bonds is 6. The van der Waals surface area contributed by atoms with E-state index in [0.29, 0.717) is 18.4 Å². The Bertz CT molecular complexity index is 310. The predicted molar refractivity (Wildman–Crippen MR) is 75.1 cm³/mol. The molecule has 5 heteroatoms. The first-order valence-electron chi connectivity index (χ1n) is 7.24. The number of primary amides is 1. The molecule has 0 aromatic carbocycles. The van der Waals surface area contributed by atoms with Crippen LogP contribution in [0.15, 0.2) is 0 Å². The summed E-state index contributed by atoms with van der Waals surface area (Å²) in [6.45, 7) is 3.75. The lowest BCUT2D eigenvalue weighted by Crippen LogP contribution is -2.47. The zero-order chi connectivity index (χ0) is 14.4. The van der Waals surface area contributed by atoms with Crippen LogP contribution in [0.25, 0.3) is 0 Å². The average Bonchev–Trinajstić information content (AvgIpc) is 2.34. The van der Waals surface area contributed by atoms with Crippen molar-refractivity contribution in [2.75, 3.05) is 0 Å². The maximum absolute atomic E-state index is 11.8. The smallest absolute Gasteiger partial charge is 0.240 e. The molecule has 2 amide bonds. The number of carbonyl (C=O) groups is 2. The van der Waals surface area contributed by atoms with Crippen LogP contribution in [-0.2, 0) is 9.59 Å². The van der Waals surface area contributed by atoms with Crippen LogP contribution in [-0.4, -0.2) is 23.9 Å². The van der Waals surface area contributed by atoms with Gasteiger partial charge in [-0.25, -0.2) is 0 Å². The molecule has 19 heavy (non-hydrogen) atoms. The third kappa shape index (κ3) is 5.59. The molecule has 110 valence electrons. The summed E-state index contributed by atoms with van der Waals surface area (Å²) in [5.41, 5.74) is 11.1. The summed E-state index contributed by atoms with van der Waals surface area (Å²) in [7, 11) is 0. The van der Waals surface area contributed by atoms with Crippen molar-refractivity contribution in [1.29, 1.82) is 0 Å². The van der Waals surface area contributed by atoms with Gasteiger partial charge in [-0.1, -0.05) is 13.8 Å². The van der Waals surface area contributed by atoms with Crippen LogP contribution in [0.5, 0.6) is 0 Å². The van der Waals surface area contributed by atoms with Gasteiger partial charge in [-0.3, -0.25) is 9.59 Å². The van der Waals surface area contributed by atoms with E-state index in [1.165, 1.54) is 0 Å². The molecule has 1 atom stereocenters. The van der Waals surface area contributed by atoms with Gasteiger partial charge in [0.2, 0.25) is 11.8 Å². The summed E-state index contributed by atoms with van der Waals surface area (Å²) in [6.07, 6.45) is 5.68. The average molecular weight is 269 g/mol. The molecule has 0 bridgehead atoms. The number of hydrogen-bond donors (Lipinski definition) is 3. The van der Waals surface area contributed by atoms with Crippen LogP contribution in [0, 0.1) is 11.8 Å². The van der Waals surface area contributed by atoms with E-state index >= 15 is 0 Å². The second-order valence-electron chi connectivity index (χ2n) is 6.01. The Morgan fingerprint density at radius 1 is 1.21 bits per heavy atom. The Hall–Kier alpha value is -1.10. The number of hydrogen-bond acceptors (Lipinski definition) is 3. The number of carbonyl (C=O) groups excluding carboxylic acids is 2. The Morgan fingerprint density at radius 3 is 2.26 bits per heavy atom. The van der Waals surface area contributed by atoms with Gasteiger partial charge in [0.05, 0.1) is 0 Å². The molecule has 1 aliphatic carbocycles. The highest BCUT2D eigenvalue weighted by Crippen LogP contribution is 2.26. The minimum Gasteiger partial charge on any atom is -0.368 e. The third-order valence-corrected chi connectivity index (χ3v) is 3.96. The minimum absolute atomic E-state index is 0.0223. The topological polar surface area (TPSA) is 98.2 Å². The molecular formula is C14H27N3O2. The van der Waals surface area contributed by atoms with Crippen molar-refractivity contribution in [2.24, 2.45) is 23.3 Å². The van der Waals surface area contributed by atoms with E-state index in [-0.39, 0.29) is 11.8 Å². The molecule has 1 unspecified atom stereocenters. The molecule has 0 heterocycles. The lowest BCUT2D eigenvalue weighted by atomic mass is 9.84. The Balaban J connectivity index is 2.29. The van der Waals surface area contributed by atoms with Crippen LogP contribution in [0.1, 0.15) is 52.4 Å². The van der Waals surface area contributed by atoms with Gasteiger partial charge in [0.15, 0.2) is 0 Å². The van der Waals surface area contributed by atoms with Crippen LogP contribution in [0.4, 0.5) is 0 Å². The number of nitrogens with one attached hydrogen (secondary N) is 1. The molecule has 0 aliphatic heterocycles. The van der Waals surface area contributed by atoms with Crippen molar-refractivity contribution < 1.29 is 9.59 Å². The Kier molecular flexibility index (Phi) is 6.28. The van der Waals surface area contributed by atoms with Crippen molar-refractivity contribution in [3.8, 4) is 0 Å². The highest BCUT2D eigenvalue weighted by atomic mass is 16.2. The SMILES string of the molecule is CC(C)C(NC(=O)CCC1CCC(N)CC1)C(N)=O. The van der Waals surface area contributed by atoms with E-state index in [4.69, 9.17) is 11.5 Å². The summed E-state index contributed by atoms with van der Waals surface area (Å²) in [5.74, 6) is 0.0742. The molecular weight excluding hydrogens is 242 g/mol. The molecule has 0 aromatic heterocycles. The summed E-state index contributed by atoms with van der Waals surface area (Å²) in [5, 5.41) is 2.73. The molecule has 5 nitrogen and oxygen atoms in total. The van der Waals surface area contributed by atoms with E-state index in [9.17, 15) is 9.59 Å². The lowest BCUT2D eigenvalue weighted by Gasteiger charge is -2.26. The summed E-state index contributed by atoms with van der Waals surface area (Å²) >= 11 is 0. The van der Waals surface area contributed by atoms with E-state index in [1.54, 1.807) is 0 Å². The molecule has 1 rings (SSSR count). The highest BCUT2D eigenvalue weighted by molar-refractivity contribution is 5.86. The van der Waals surface area contributed by atoms with Gasteiger partial charge in [0.1, 0.15) is 6.04 Å². The molecule has 1 aliphatic rings. The molecule has 0 radical (unpaired) electrons. The van der Waals surface area contributed by atoms with Crippen molar-refractivity contribution in [2.45, 2.75) is 64.5 Å². The summed E-state index contributed by atoms with van der Waals surface area (Å²) < 4.78 is 0.